The smallest absolute Gasteiger partial charge is 0.250 e. The number of Topliss-reactive ketones (excluding diaryl/α,β-unsaturated/α-hetero) is 1. The Morgan fingerprint density at radius 3 is 2.36 bits per heavy atom. The van der Waals surface area contributed by atoms with Crippen molar-refractivity contribution < 1.29 is 14.0 Å². The molecule has 4 heteroatoms. The van der Waals surface area contributed by atoms with E-state index in [2.05, 4.69) is 33.9 Å². The van der Waals surface area contributed by atoms with Crippen LogP contribution in [0.25, 0.3) is 0 Å². The maximum Gasteiger partial charge on any atom is 0.250 e. The van der Waals surface area contributed by atoms with Crippen LogP contribution in [-0.2, 0) is 0 Å². The molecule has 1 aliphatic rings. The topological polar surface area (TPSA) is 35.5 Å². The van der Waals surface area contributed by atoms with Crippen LogP contribution in [0.3, 0.4) is 0 Å². The zero-order valence-electron chi connectivity index (χ0n) is 15.1. The summed E-state index contributed by atoms with van der Waals surface area (Å²) in [5.74, 6) is 1.63. The van der Waals surface area contributed by atoms with Gasteiger partial charge in [0.15, 0.2) is 5.78 Å². The molecule has 1 aromatic carbocycles. The lowest BCUT2D eigenvalue weighted by molar-refractivity contribution is 0.0618. The first-order valence-electron chi connectivity index (χ1n) is 7.88. The predicted octanol–water partition coefficient (Wildman–Crippen LogP) is 5.12. The molecular weight excluding hydrogens is 292 g/mol. The number of rotatable bonds is 2. The van der Waals surface area contributed by atoms with Crippen molar-refractivity contribution in [2.45, 2.75) is 71.7 Å². The lowest BCUT2D eigenvalue weighted by Gasteiger charge is -2.37. The second-order valence-electron chi connectivity index (χ2n) is 8.44. The van der Waals surface area contributed by atoms with Crippen LogP contribution in [0, 0.1) is 6.92 Å². The Morgan fingerprint density at radius 2 is 1.82 bits per heavy atom. The summed E-state index contributed by atoms with van der Waals surface area (Å²) in [4.78, 5) is 12.4. The molecule has 3 nitrogen and oxygen atoms in total. The Kier molecular flexibility index (Phi) is 3.97. The van der Waals surface area contributed by atoms with Gasteiger partial charge < -0.3 is 9.16 Å². The fourth-order valence-electron chi connectivity index (χ4n) is 2.48. The van der Waals surface area contributed by atoms with Crippen molar-refractivity contribution in [2.24, 2.45) is 0 Å². The molecule has 122 valence electrons. The minimum atomic E-state index is -1.91. The van der Waals surface area contributed by atoms with E-state index in [4.69, 9.17) is 9.16 Å². The number of benzene rings is 1. The molecule has 0 radical (unpaired) electrons. The summed E-state index contributed by atoms with van der Waals surface area (Å²) in [7, 11) is -1.91. The number of carbonyl (C=O) groups excluding carboxylic acids is 1. The molecule has 0 N–H and O–H groups in total. The SMILES string of the molecule is Cc1cc(O[Si](C)(C)C(C)(C)C)cc2c1C(=O)CC(C)(C)O2. The molecule has 1 aliphatic heterocycles. The molecule has 0 fully saturated rings. The lowest BCUT2D eigenvalue weighted by atomic mass is 9.90. The van der Waals surface area contributed by atoms with Gasteiger partial charge in [-0.05, 0) is 50.5 Å². The third kappa shape index (κ3) is 3.22. The highest BCUT2D eigenvalue weighted by molar-refractivity contribution is 6.74. The first-order chi connectivity index (χ1) is 9.82. The van der Waals surface area contributed by atoms with E-state index in [0.717, 1.165) is 11.3 Å². The number of carbonyl (C=O) groups is 1. The number of ketones is 1. The zero-order chi connectivity index (χ0) is 16.9. The van der Waals surface area contributed by atoms with Gasteiger partial charge in [0.2, 0.25) is 8.32 Å². The van der Waals surface area contributed by atoms with Gasteiger partial charge in [0.1, 0.15) is 17.1 Å². The highest BCUT2D eigenvalue weighted by Crippen LogP contribution is 2.41. The van der Waals surface area contributed by atoms with Gasteiger partial charge in [0.25, 0.3) is 0 Å². The first-order valence-corrected chi connectivity index (χ1v) is 10.8. The molecular formula is C18H28O3Si. The van der Waals surface area contributed by atoms with E-state index < -0.39 is 13.9 Å². The molecule has 0 aliphatic carbocycles. The van der Waals surface area contributed by atoms with Gasteiger partial charge in [-0.1, -0.05) is 20.8 Å². The second-order valence-corrected chi connectivity index (χ2v) is 13.2. The number of ether oxygens (including phenoxy) is 1. The average molecular weight is 321 g/mol. The van der Waals surface area contributed by atoms with E-state index in [9.17, 15) is 4.79 Å². The lowest BCUT2D eigenvalue weighted by Crippen LogP contribution is -2.44. The highest BCUT2D eigenvalue weighted by Gasteiger charge is 2.40. The van der Waals surface area contributed by atoms with E-state index in [1.807, 2.05) is 32.9 Å². The number of fused-ring (bicyclic) bond motifs is 1. The van der Waals surface area contributed by atoms with Crippen LogP contribution in [0.2, 0.25) is 18.1 Å². The molecule has 0 amide bonds. The maximum atomic E-state index is 12.4. The van der Waals surface area contributed by atoms with Gasteiger partial charge in [-0.3, -0.25) is 4.79 Å². The molecule has 1 aromatic rings. The third-order valence-corrected chi connectivity index (χ3v) is 9.06. The van der Waals surface area contributed by atoms with Gasteiger partial charge in [-0.2, -0.15) is 0 Å². The van der Waals surface area contributed by atoms with Crippen molar-refractivity contribution in [3.63, 3.8) is 0 Å². The van der Waals surface area contributed by atoms with Crippen LogP contribution >= 0.6 is 0 Å². The van der Waals surface area contributed by atoms with Crippen LogP contribution in [0.15, 0.2) is 12.1 Å². The molecule has 0 aromatic heterocycles. The summed E-state index contributed by atoms with van der Waals surface area (Å²) in [5.41, 5.74) is 1.19. The van der Waals surface area contributed by atoms with Crippen molar-refractivity contribution in [3.05, 3.63) is 23.3 Å². The standard InChI is InChI=1S/C18H28O3Si/c1-12-9-13(21-22(7,8)17(2,3)4)10-15-16(12)14(19)11-18(5,6)20-15/h9-10H,11H2,1-8H3. The van der Waals surface area contributed by atoms with E-state index in [1.54, 1.807) is 0 Å². The van der Waals surface area contributed by atoms with Crippen molar-refractivity contribution in [1.29, 1.82) is 0 Å². The monoisotopic (exact) mass is 320 g/mol. The van der Waals surface area contributed by atoms with Gasteiger partial charge >= 0.3 is 0 Å². The van der Waals surface area contributed by atoms with Crippen molar-refractivity contribution in [2.75, 3.05) is 0 Å². The predicted molar refractivity (Wildman–Crippen MR) is 92.7 cm³/mol. The van der Waals surface area contributed by atoms with Gasteiger partial charge in [0.05, 0.1) is 12.0 Å². The quantitative estimate of drug-likeness (QED) is 0.709. The van der Waals surface area contributed by atoms with E-state index >= 15 is 0 Å². The number of hydrogen-bond acceptors (Lipinski definition) is 3. The normalized spacial score (nSPS) is 17.7. The Hall–Kier alpha value is -1.29. The Balaban J connectivity index is 2.42. The summed E-state index contributed by atoms with van der Waals surface area (Å²) < 4.78 is 12.4. The summed E-state index contributed by atoms with van der Waals surface area (Å²) in [5, 5.41) is 0.132. The number of hydrogen-bond donors (Lipinski definition) is 0. The average Bonchev–Trinajstić information content (AvgIpc) is 2.22. The molecule has 0 spiro atoms. The maximum absolute atomic E-state index is 12.4. The molecule has 0 bridgehead atoms. The first kappa shape index (κ1) is 17.1. The van der Waals surface area contributed by atoms with Crippen LogP contribution in [0.5, 0.6) is 11.5 Å². The molecule has 0 unspecified atom stereocenters. The molecule has 1 heterocycles. The van der Waals surface area contributed by atoms with E-state index in [0.29, 0.717) is 17.7 Å². The summed E-state index contributed by atoms with van der Waals surface area (Å²) in [6.07, 6.45) is 0.420. The molecule has 22 heavy (non-hydrogen) atoms. The Morgan fingerprint density at radius 1 is 1.23 bits per heavy atom. The van der Waals surface area contributed by atoms with Crippen LogP contribution in [-0.4, -0.2) is 19.7 Å². The minimum absolute atomic E-state index is 0.132. The van der Waals surface area contributed by atoms with Gasteiger partial charge in [-0.15, -0.1) is 0 Å². The van der Waals surface area contributed by atoms with Crippen molar-refractivity contribution in [3.8, 4) is 11.5 Å². The van der Waals surface area contributed by atoms with Gasteiger partial charge in [0, 0.05) is 6.07 Å². The summed E-state index contributed by atoms with van der Waals surface area (Å²) >= 11 is 0. The van der Waals surface area contributed by atoms with E-state index in [1.165, 1.54) is 0 Å². The van der Waals surface area contributed by atoms with Crippen molar-refractivity contribution in [1.82, 2.24) is 0 Å². The fourth-order valence-corrected chi connectivity index (χ4v) is 3.49. The molecule has 2 rings (SSSR count). The summed E-state index contributed by atoms with van der Waals surface area (Å²) in [6, 6.07) is 3.86. The summed E-state index contributed by atoms with van der Waals surface area (Å²) in [6.45, 7) is 16.9. The second kappa shape index (κ2) is 5.12. The van der Waals surface area contributed by atoms with Crippen molar-refractivity contribution >= 4 is 14.1 Å². The minimum Gasteiger partial charge on any atom is -0.543 e. The molecule has 0 saturated heterocycles. The Labute approximate surface area is 135 Å². The van der Waals surface area contributed by atoms with Gasteiger partial charge in [-0.25, -0.2) is 0 Å². The zero-order valence-corrected chi connectivity index (χ0v) is 16.1. The third-order valence-electron chi connectivity index (χ3n) is 4.70. The fraction of sp³-hybridized carbons (Fsp3) is 0.611. The van der Waals surface area contributed by atoms with E-state index in [-0.39, 0.29) is 10.8 Å². The molecule has 0 atom stereocenters. The molecule has 0 saturated carbocycles. The van der Waals surface area contributed by atoms with Crippen LogP contribution in [0.1, 0.15) is 57.0 Å². The van der Waals surface area contributed by atoms with Crippen LogP contribution < -0.4 is 9.16 Å². The van der Waals surface area contributed by atoms with Crippen LogP contribution in [0.4, 0.5) is 0 Å². The largest absolute Gasteiger partial charge is 0.543 e. The highest BCUT2D eigenvalue weighted by atomic mass is 28.4. The Bertz CT molecular complexity index is 609. The number of aryl methyl sites for hydroxylation is 1.